The summed E-state index contributed by atoms with van der Waals surface area (Å²) >= 11 is 0. The first kappa shape index (κ1) is 13.7. The Morgan fingerprint density at radius 2 is 1.88 bits per heavy atom. The standard InChI is InChI=1S/C9H11F4NO3/c1-4-2-14(3-5(4)6(15)16)8(17)9(12,13)7(10)11/h4-5,7H,2-3H2,1H3,(H,15,16). The van der Waals surface area contributed by atoms with Crippen molar-refractivity contribution in [2.45, 2.75) is 19.3 Å². The Labute approximate surface area is 94.2 Å². The van der Waals surface area contributed by atoms with Gasteiger partial charge in [0.15, 0.2) is 0 Å². The van der Waals surface area contributed by atoms with E-state index in [1.165, 1.54) is 6.92 Å². The van der Waals surface area contributed by atoms with E-state index in [0.29, 0.717) is 4.90 Å². The molecule has 1 N–H and O–H groups in total. The van der Waals surface area contributed by atoms with Crippen LogP contribution in [0.5, 0.6) is 0 Å². The van der Waals surface area contributed by atoms with Crippen LogP contribution in [0, 0.1) is 11.8 Å². The molecule has 1 rings (SSSR count). The fraction of sp³-hybridized carbons (Fsp3) is 0.778. The minimum absolute atomic E-state index is 0.252. The summed E-state index contributed by atoms with van der Waals surface area (Å²) in [4.78, 5) is 22.3. The molecule has 0 aromatic rings. The number of hydrogen-bond acceptors (Lipinski definition) is 2. The topological polar surface area (TPSA) is 57.6 Å². The minimum atomic E-state index is -4.76. The lowest BCUT2D eigenvalue weighted by molar-refractivity contribution is -0.179. The van der Waals surface area contributed by atoms with Gasteiger partial charge in [-0.15, -0.1) is 0 Å². The average molecular weight is 257 g/mol. The van der Waals surface area contributed by atoms with Crippen molar-refractivity contribution in [2.75, 3.05) is 13.1 Å². The Kier molecular flexibility index (Phi) is 3.63. The number of aliphatic carboxylic acids is 1. The second kappa shape index (κ2) is 4.50. The van der Waals surface area contributed by atoms with Gasteiger partial charge in [-0.05, 0) is 5.92 Å². The van der Waals surface area contributed by atoms with Gasteiger partial charge in [-0.3, -0.25) is 9.59 Å². The maximum atomic E-state index is 12.8. The van der Waals surface area contributed by atoms with Crippen molar-refractivity contribution >= 4 is 11.9 Å². The predicted molar refractivity (Wildman–Crippen MR) is 47.8 cm³/mol. The SMILES string of the molecule is CC1CN(C(=O)C(F)(F)C(F)F)CC1C(=O)O. The van der Waals surface area contributed by atoms with Gasteiger partial charge < -0.3 is 10.0 Å². The number of alkyl halides is 4. The molecule has 0 saturated carbocycles. The summed E-state index contributed by atoms with van der Waals surface area (Å²) in [6.45, 7) is 0.752. The van der Waals surface area contributed by atoms with Crippen molar-refractivity contribution < 1.29 is 32.3 Å². The van der Waals surface area contributed by atoms with Gasteiger partial charge in [0.05, 0.1) is 5.92 Å². The molecule has 0 aromatic carbocycles. The maximum absolute atomic E-state index is 12.8. The van der Waals surface area contributed by atoms with Gasteiger partial charge in [0.25, 0.3) is 5.91 Å². The smallest absolute Gasteiger partial charge is 0.383 e. The number of nitrogens with zero attached hydrogens (tertiary/aromatic N) is 1. The molecule has 1 saturated heterocycles. The average Bonchev–Trinajstić information content (AvgIpc) is 2.58. The van der Waals surface area contributed by atoms with E-state index in [0.717, 1.165) is 0 Å². The van der Waals surface area contributed by atoms with Crippen LogP contribution in [0.3, 0.4) is 0 Å². The highest BCUT2D eigenvalue weighted by molar-refractivity contribution is 5.85. The summed E-state index contributed by atoms with van der Waals surface area (Å²) in [5.41, 5.74) is 0. The van der Waals surface area contributed by atoms with Crippen LogP contribution in [0.15, 0.2) is 0 Å². The van der Waals surface area contributed by atoms with Gasteiger partial charge in [-0.1, -0.05) is 6.92 Å². The highest BCUT2D eigenvalue weighted by Gasteiger charge is 2.53. The Hall–Kier alpha value is -1.34. The third-order valence-corrected chi connectivity index (χ3v) is 2.78. The quantitative estimate of drug-likeness (QED) is 0.769. The molecule has 0 aromatic heterocycles. The number of carbonyl (C=O) groups is 2. The molecule has 4 nitrogen and oxygen atoms in total. The van der Waals surface area contributed by atoms with Crippen molar-refractivity contribution in [2.24, 2.45) is 11.8 Å². The monoisotopic (exact) mass is 257 g/mol. The number of carboxylic acids is 1. The van der Waals surface area contributed by atoms with Gasteiger partial charge >= 0.3 is 18.3 Å². The summed E-state index contributed by atoms with van der Waals surface area (Å²) in [5.74, 6) is -9.53. The van der Waals surface area contributed by atoms with Gasteiger partial charge in [0.2, 0.25) is 0 Å². The van der Waals surface area contributed by atoms with Crippen LogP contribution >= 0.6 is 0 Å². The number of likely N-dealkylation sites (tertiary alicyclic amines) is 1. The van der Waals surface area contributed by atoms with Gasteiger partial charge in [0.1, 0.15) is 0 Å². The molecule has 0 bridgehead atoms. The molecular formula is C9H11F4NO3. The van der Waals surface area contributed by atoms with Crippen molar-refractivity contribution in [1.82, 2.24) is 4.90 Å². The zero-order chi connectivity index (χ0) is 13.4. The van der Waals surface area contributed by atoms with Gasteiger partial charge in [0, 0.05) is 13.1 Å². The first-order valence-electron chi connectivity index (χ1n) is 4.86. The molecule has 8 heteroatoms. The fourth-order valence-electron chi connectivity index (χ4n) is 1.76. The first-order chi connectivity index (χ1) is 7.67. The van der Waals surface area contributed by atoms with E-state index >= 15 is 0 Å². The Balaban J connectivity index is 2.78. The second-order valence-corrected chi connectivity index (χ2v) is 4.06. The van der Waals surface area contributed by atoms with E-state index in [2.05, 4.69) is 0 Å². The zero-order valence-electron chi connectivity index (χ0n) is 8.87. The lowest BCUT2D eigenvalue weighted by atomic mass is 9.99. The van der Waals surface area contributed by atoms with Crippen LogP contribution in [-0.2, 0) is 9.59 Å². The largest absolute Gasteiger partial charge is 0.481 e. The summed E-state index contributed by atoms with van der Waals surface area (Å²) < 4.78 is 49.4. The lowest BCUT2D eigenvalue weighted by Crippen LogP contribution is -2.47. The van der Waals surface area contributed by atoms with E-state index < -0.39 is 42.6 Å². The first-order valence-corrected chi connectivity index (χ1v) is 4.86. The predicted octanol–water partition coefficient (Wildman–Crippen LogP) is 1.07. The number of rotatable bonds is 3. The number of carbonyl (C=O) groups excluding carboxylic acids is 1. The van der Waals surface area contributed by atoms with Gasteiger partial charge in [-0.25, -0.2) is 8.78 Å². The molecule has 17 heavy (non-hydrogen) atoms. The molecule has 1 aliphatic rings. The second-order valence-electron chi connectivity index (χ2n) is 4.06. The van der Waals surface area contributed by atoms with E-state index in [9.17, 15) is 27.2 Å². The lowest BCUT2D eigenvalue weighted by Gasteiger charge is -2.22. The Morgan fingerprint density at radius 3 is 2.24 bits per heavy atom. The van der Waals surface area contributed by atoms with Crippen LogP contribution < -0.4 is 0 Å². The van der Waals surface area contributed by atoms with E-state index in [-0.39, 0.29) is 6.54 Å². The van der Waals surface area contributed by atoms with Crippen molar-refractivity contribution in [1.29, 1.82) is 0 Å². The van der Waals surface area contributed by atoms with Gasteiger partial charge in [-0.2, -0.15) is 8.78 Å². The zero-order valence-corrected chi connectivity index (χ0v) is 8.87. The molecule has 2 atom stereocenters. The molecule has 0 spiro atoms. The van der Waals surface area contributed by atoms with Crippen LogP contribution in [0.25, 0.3) is 0 Å². The van der Waals surface area contributed by atoms with Crippen LogP contribution in [0.4, 0.5) is 17.6 Å². The molecule has 98 valence electrons. The highest BCUT2D eigenvalue weighted by atomic mass is 19.3. The summed E-state index contributed by atoms with van der Waals surface area (Å²) in [6.07, 6.45) is -4.09. The molecule has 1 fully saturated rings. The van der Waals surface area contributed by atoms with Crippen LogP contribution in [0.2, 0.25) is 0 Å². The van der Waals surface area contributed by atoms with Crippen molar-refractivity contribution in [3.8, 4) is 0 Å². The molecule has 1 amide bonds. The normalized spacial score (nSPS) is 25.4. The van der Waals surface area contributed by atoms with Crippen molar-refractivity contribution in [3.05, 3.63) is 0 Å². The minimum Gasteiger partial charge on any atom is -0.481 e. The number of carboxylic acid groups (broad SMARTS) is 1. The summed E-state index contributed by atoms with van der Waals surface area (Å²) in [7, 11) is 0. The molecule has 1 heterocycles. The number of halogens is 4. The van der Waals surface area contributed by atoms with E-state index in [1.807, 2.05) is 0 Å². The highest BCUT2D eigenvalue weighted by Crippen LogP contribution is 2.30. The molecule has 1 aliphatic heterocycles. The Morgan fingerprint density at radius 1 is 1.35 bits per heavy atom. The summed E-state index contributed by atoms with van der Waals surface area (Å²) in [5, 5.41) is 8.72. The fourth-order valence-corrected chi connectivity index (χ4v) is 1.76. The molecular weight excluding hydrogens is 246 g/mol. The Bertz CT molecular complexity index is 334. The number of amides is 1. The number of hydrogen-bond donors (Lipinski definition) is 1. The van der Waals surface area contributed by atoms with E-state index in [1.54, 1.807) is 0 Å². The molecule has 2 unspecified atom stereocenters. The van der Waals surface area contributed by atoms with E-state index in [4.69, 9.17) is 5.11 Å². The van der Waals surface area contributed by atoms with Crippen LogP contribution in [-0.4, -0.2) is 47.3 Å². The maximum Gasteiger partial charge on any atom is 0.383 e. The third kappa shape index (κ3) is 2.50. The summed E-state index contributed by atoms with van der Waals surface area (Å²) in [6, 6.07) is 0. The third-order valence-electron chi connectivity index (χ3n) is 2.78. The van der Waals surface area contributed by atoms with Crippen molar-refractivity contribution in [3.63, 3.8) is 0 Å². The van der Waals surface area contributed by atoms with Crippen LogP contribution in [0.1, 0.15) is 6.92 Å². The molecule has 0 aliphatic carbocycles. The molecule has 0 radical (unpaired) electrons.